The molecule has 0 radical (unpaired) electrons. The molecule has 4 rings (SSSR count). The second kappa shape index (κ2) is 10.5. The number of hydrogen-bond acceptors (Lipinski definition) is 3. The Balaban J connectivity index is 1.25. The fraction of sp³-hybridized carbons (Fsp3) is 0.692. The van der Waals surface area contributed by atoms with Gasteiger partial charge in [-0.1, -0.05) is 26.2 Å². The summed E-state index contributed by atoms with van der Waals surface area (Å²) in [6, 6.07) is 7.59. The Morgan fingerprint density at radius 1 is 0.871 bits per heavy atom. The molecular formula is C26H38N2O3. The minimum absolute atomic E-state index is 0.127. The molecule has 2 amide bonds. The molecule has 2 aliphatic heterocycles. The van der Waals surface area contributed by atoms with Crippen LogP contribution in [0.5, 0.6) is 5.75 Å². The van der Waals surface area contributed by atoms with Crippen LogP contribution in [0.2, 0.25) is 0 Å². The zero-order chi connectivity index (χ0) is 21.6. The number of rotatable bonds is 5. The molecule has 1 atom stereocenters. The highest BCUT2D eigenvalue weighted by atomic mass is 16.5. The number of piperidine rings is 2. The van der Waals surface area contributed by atoms with Crippen LogP contribution in [0, 0.1) is 17.8 Å². The van der Waals surface area contributed by atoms with E-state index >= 15 is 0 Å². The molecule has 2 heterocycles. The first kappa shape index (κ1) is 22.2. The summed E-state index contributed by atoms with van der Waals surface area (Å²) in [5.41, 5.74) is 0.740. The molecule has 5 nitrogen and oxygen atoms in total. The van der Waals surface area contributed by atoms with Gasteiger partial charge in [-0.2, -0.15) is 0 Å². The third kappa shape index (κ3) is 5.81. The van der Waals surface area contributed by atoms with Crippen LogP contribution in [-0.4, -0.2) is 54.4 Å². The zero-order valence-electron chi connectivity index (χ0n) is 19.1. The van der Waals surface area contributed by atoms with Crippen molar-refractivity contribution in [3.8, 4) is 5.75 Å². The van der Waals surface area contributed by atoms with Gasteiger partial charge in [0.25, 0.3) is 5.91 Å². The minimum Gasteiger partial charge on any atom is -0.493 e. The van der Waals surface area contributed by atoms with Gasteiger partial charge in [0.15, 0.2) is 0 Å². The standard InChI is InChI=1S/C26H38N2O3/c1-20-13-16-27(17-14-20)25(29)23-9-11-24(12-10-23)31-19-21-6-5-15-28(18-21)26(30)22-7-3-2-4-8-22/h9-12,20-22H,2-8,13-19H2,1H3. The SMILES string of the molecule is CC1CCN(C(=O)c2ccc(OCC3CCCN(C(=O)C4CCCCC4)C3)cc2)CC1. The van der Waals surface area contributed by atoms with Crippen LogP contribution in [0.3, 0.4) is 0 Å². The lowest BCUT2D eigenvalue weighted by molar-refractivity contribution is -0.138. The van der Waals surface area contributed by atoms with Crippen LogP contribution in [0.1, 0.15) is 75.1 Å². The highest BCUT2D eigenvalue weighted by Gasteiger charge is 2.30. The molecule has 2 saturated heterocycles. The Hall–Kier alpha value is -2.04. The van der Waals surface area contributed by atoms with Crippen LogP contribution in [0.4, 0.5) is 0 Å². The van der Waals surface area contributed by atoms with Gasteiger partial charge >= 0.3 is 0 Å². The Bertz CT molecular complexity index is 734. The van der Waals surface area contributed by atoms with E-state index in [0.29, 0.717) is 24.3 Å². The highest BCUT2D eigenvalue weighted by Crippen LogP contribution is 2.28. The van der Waals surface area contributed by atoms with Crippen LogP contribution < -0.4 is 4.74 Å². The summed E-state index contributed by atoms with van der Waals surface area (Å²) in [5, 5.41) is 0. The normalized spacial score (nSPS) is 23.6. The quantitative estimate of drug-likeness (QED) is 0.682. The fourth-order valence-corrected chi connectivity index (χ4v) is 5.31. The zero-order valence-corrected chi connectivity index (χ0v) is 19.1. The van der Waals surface area contributed by atoms with E-state index < -0.39 is 0 Å². The van der Waals surface area contributed by atoms with Gasteiger partial charge in [-0.3, -0.25) is 9.59 Å². The molecule has 0 aromatic heterocycles. The van der Waals surface area contributed by atoms with Gasteiger partial charge in [-0.05, 0) is 68.7 Å². The topological polar surface area (TPSA) is 49.9 Å². The second-order valence-corrected chi connectivity index (χ2v) is 9.94. The van der Waals surface area contributed by atoms with Gasteiger partial charge in [0.05, 0.1) is 6.61 Å². The summed E-state index contributed by atoms with van der Waals surface area (Å²) in [4.78, 5) is 29.6. The summed E-state index contributed by atoms with van der Waals surface area (Å²) < 4.78 is 6.05. The second-order valence-electron chi connectivity index (χ2n) is 9.94. The van der Waals surface area contributed by atoms with Gasteiger partial charge in [-0.15, -0.1) is 0 Å². The number of nitrogens with zero attached hydrogens (tertiary/aromatic N) is 2. The van der Waals surface area contributed by atoms with E-state index in [9.17, 15) is 9.59 Å². The maximum absolute atomic E-state index is 12.9. The van der Waals surface area contributed by atoms with E-state index in [4.69, 9.17) is 4.74 Å². The number of likely N-dealkylation sites (tertiary alicyclic amines) is 2. The highest BCUT2D eigenvalue weighted by molar-refractivity contribution is 5.94. The van der Waals surface area contributed by atoms with Crippen molar-refractivity contribution in [3.63, 3.8) is 0 Å². The van der Waals surface area contributed by atoms with Gasteiger partial charge in [0, 0.05) is 43.6 Å². The monoisotopic (exact) mass is 426 g/mol. The Kier molecular flexibility index (Phi) is 7.52. The summed E-state index contributed by atoms with van der Waals surface area (Å²) in [7, 11) is 0. The van der Waals surface area contributed by atoms with Gasteiger partial charge in [0.1, 0.15) is 5.75 Å². The first-order valence-electron chi connectivity index (χ1n) is 12.4. The summed E-state index contributed by atoms with van der Waals surface area (Å²) in [6.07, 6.45) is 10.2. The maximum atomic E-state index is 12.9. The molecule has 3 fully saturated rings. The van der Waals surface area contributed by atoms with E-state index in [2.05, 4.69) is 11.8 Å². The van der Waals surface area contributed by atoms with Crippen molar-refractivity contribution in [1.82, 2.24) is 9.80 Å². The fourth-order valence-electron chi connectivity index (χ4n) is 5.31. The number of benzene rings is 1. The van der Waals surface area contributed by atoms with Crippen molar-refractivity contribution >= 4 is 11.8 Å². The maximum Gasteiger partial charge on any atom is 0.253 e. The van der Waals surface area contributed by atoms with Crippen LogP contribution in [-0.2, 0) is 4.79 Å². The van der Waals surface area contributed by atoms with E-state index in [1.807, 2.05) is 29.2 Å². The summed E-state index contributed by atoms with van der Waals surface area (Å²) in [6.45, 7) is 6.32. The van der Waals surface area contributed by atoms with Gasteiger partial charge in [0.2, 0.25) is 5.91 Å². The molecule has 3 aliphatic rings. The summed E-state index contributed by atoms with van der Waals surface area (Å²) in [5.74, 6) is 2.66. The van der Waals surface area contributed by atoms with Crippen LogP contribution in [0.15, 0.2) is 24.3 Å². The lowest BCUT2D eigenvalue weighted by Gasteiger charge is -2.35. The molecule has 170 valence electrons. The van der Waals surface area contributed by atoms with Crippen molar-refractivity contribution < 1.29 is 14.3 Å². The van der Waals surface area contributed by atoms with Crippen molar-refractivity contribution in [2.24, 2.45) is 17.8 Å². The predicted molar refractivity (Wildman–Crippen MR) is 122 cm³/mol. The lowest BCUT2D eigenvalue weighted by atomic mass is 9.87. The molecular weight excluding hydrogens is 388 g/mol. The Morgan fingerprint density at radius 2 is 1.58 bits per heavy atom. The average Bonchev–Trinajstić information content (AvgIpc) is 2.83. The molecule has 0 bridgehead atoms. The minimum atomic E-state index is 0.127. The number of amides is 2. The summed E-state index contributed by atoms with van der Waals surface area (Å²) >= 11 is 0. The smallest absolute Gasteiger partial charge is 0.253 e. The van der Waals surface area contributed by atoms with Crippen LogP contribution >= 0.6 is 0 Å². The molecule has 0 N–H and O–H groups in total. The van der Waals surface area contributed by atoms with Crippen molar-refractivity contribution in [2.75, 3.05) is 32.8 Å². The van der Waals surface area contributed by atoms with E-state index in [-0.39, 0.29) is 11.8 Å². The predicted octanol–water partition coefficient (Wildman–Crippen LogP) is 4.76. The largest absolute Gasteiger partial charge is 0.493 e. The third-order valence-electron chi connectivity index (χ3n) is 7.44. The van der Waals surface area contributed by atoms with Gasteiger partial charge in [-0.25, -0.2) is 0 Å². The van der Waals surface area contributed by atoms with E-state index in [1.165, 1.54) is 19.3 Å². The first-order chi connectivity index (χ1) is 15.1. The van der Waals surface area contributed by atoms with E-state index in [1.54, 1.807) is 0 Å². The molecule has 1 aromatic carbocycles. The molecule has 5 heteroatoms. The van der Waals surface area contributed by atoms with Crippen molar-refractivity contribution in [2.45, 2.75) is 64.7 Å². The average molecular weight is 427 g/mol. The first-order valence-corrected chi connectivity index (χ1v) is 12.4. The Morgan fingerprint density at radius 3 is 2.29 bits per heavy atom. The third-order valence-corrected chi connectivity index (χ3v) is 7.44. The molecule has 1 aromatic rings. The molecule has 0 spiro atoms. The molecule has 1 saturated carbocycles. The number of ether oxygens (including phenoxy) is 1. The van der Waals surface area contributed by atoms with Crippen molar-refractivity contribution in [3.05, 3.63) is 29.8 Å². The molecule has 31 heavy (non-hydrogen) atoms. The Labute approximate surface area is 187 Å². The number of carbonyl (C=O) groups is 2. The van der Waals surface area contributed by atoms with E-state index in [0.717, 1.165) is 76.0 Å². The number of hydrogen-bond donors (Lipinski definition) is 0. The lowest BCUT2D eigenvalue weighted by Crippen LogP contribution is -2.44. The molecule has 1 aliphatic carbocycles. The van der Waals surface area contributed by atoms with Gasteiger partial charge < -0.3 is 14.5 Å². The van der Waals surface area contributed by atoms with Crippen molar-refractivity contribution in [1.29, 1.82) is 0 Å². The van der Waals surface area contributed by atoms with Crippen LogP contribution in [0.25, 0.3) is 0 Å². The number of carbonyl (C=O) groups excluding carboxylic acids is 2. The molecule has 1 unspecified atom stereocenters.